The van der Waals surface area contributed by atoms with Crippen molar-refractivity contribution in [2.45, 2.75) is 32.1 Å². The highest BCUT2D eigenvalue weighted by molar-refractivity contribution is 5.65. The van der Waals surface area contributed by atoms with E-state index in [4.69, 9.17) is 4.74 Å². The van der Waals surface area contributed by atoms with Crippen LogP contribution in [0.25, 0.3) is 0 Å². The largest absolute Gasteiger partial charge is 0.497 e. The molecule has 1 heterocycles. The van der Waals surface area contributed by atoms with Gasteiger partial charge in [-0.1, -0.05) is 12.1 Å². The molecule has 1 aromatic carbocycles. The second-order valence-electron chi connectivity index (χ2n) is 6.14. The monoisotopic (exact) mass is 285 g/mol. The second-order valence-corrected chi connectivity index (χ2v) is 6.14. The van der Waals surface area contributed by atoms with Crippen LogP contribution in [-0.2, 0) is 6.42 Å². The van der Waals surface area contributed by atoms with Gasteiger partial charge in [-0.2, -0.15) is 0 Å². The molecule has 3 nitrogen and oxygen atoms in total. The van der Waals surface area contributed by atoms with Crippen molar-refractivity contribution in [3.8, 4) is 5.75 Å². The van der Waals surface area contributed by atoms with Gasteiger partial charge in [0.1, 0.15) is 5.75 Å². The Kier molecular flexibility index (Phi) is 4.39. The first-order chi connectivity index (χ1) is 10.3. The Labute approximate surface area is 126 Å². The van der Waals surface area contributed by atoms with Crippen LogP contribution in [0, 0.1) is 11.8 Å². The van der Waals surface area contributed by atoms with E-state index >= 15 is 0 Å². The Hall–Kier alpha value is -1.61. The molecule has 1 aliphatic heterocycles. The highest BCUT2D eigenvalue weighted by Crippen LogP contribution is 2.37. The smallest absolute Gasteiger partial charge is 0.118 e. The van der Waals surface area contributed by atoms with E-state index in [0.717, 1.165) is 31.4 Å². The molecular weight excluding hydrogens is 262 g/mol. The van der Waals surface area contributed by atoms with Gasteiger partial charge in [0.25, 0.3) is 0 Å². The van der Waals surface area contributed by atoms with Crippen molar-refractivity contribution in [2.75, 3.05) is 13.7 Å². The molecular formula is C18H23NO2. The zero-order valence-corrected chi connectivity index (χ0v) is 12.6. The number of hydrogen-bond acceptors (Lipinski definition) is 3. The van der Waals surface area contributed by atoms with Crippen molar-refractivity contribution in [1.82, 2.24) is 0 Å². The Morgan fingerprint density at radius 3 is 2.76 bits per heavy atom. The number of allylic oxidation sites excluding steroid dienone is 2. The van der Waals surface area contributed by atoms with Gasteiger partial charge in [-0.15, -0.1) is 0 Å². The Morgan fingerprint density at radius 2 is 2.05 bits per heavy atom. The standard InChI is InChI=1S/C18H23NO2/c1-21-17-5-2-13(3-6-17)8-14-4-7-18-16(9-14)10-15(12-20)11-19-18/h2-3,5-6,11,14-15,20H,4,7-10,12H2,1H3. The molecule has 0 aromatic heterocycles. The molecule has 2 unspecified atom stereocenters. The minimum atomic E-state index is 0.212. The van der Waals surface area contributed by atoms with E-state index in [2.05, 4.69) is 17.1 Å². The highest BCUT2D eigenvalue weighted by Gasteiger charge is 2.25. The second kappa shape index (κ2) is 6.44. The van der Waals surface area contributed by atoms with E-state index in [-0.39, 0.29) is 12.5 Å². The SMILES string of the molecule is COc1ccc(CC2CCC3=C(CC(CO)C=N3)C2)cc1. The number of hydrogen-bond donors (Lipinski definition) is 1. The fraction of sp³-hybridized carbons (Fsp3) is 0.500. The molecule has 112 valence electrons. The predicted octanol–water partition coefficient (Wildman–Crippen LogP) is 3.37. The average molecular weight is 285 g/mol. The number of ether oxygens (including phenoxy) is 1. The first kappa shape index (κ1) is 14.3. The number of methoxy groups -OCH3 is 1. The molecule has 2 atom stereocenters. The van der Waals surface area contributed by atoms with Crippen LogP contribution >= 0.6 is 0 Å². The van der Waals surface area contributed by atoms with Crippen molar-refractivity contribution < 1.29 is 9.84 Å². The minimum absolute atomic E-state index is 0.212. The Balaban J connectivity index is 1.63. The predicted molar refractivity (Wildman–Crippen MR) is 84.7 cm³/mol. The number of aliphatic hydroxyl groups excluding tert-OH is 1. The maximum atomic E-state index is 9.31. The molecule has 1 aromatic rings. The van der Waals surface area contributed by atoms with Gasteiger partial charge in [-0.25, -0.2) is 0 Å². The number of aliphatic hydroxyl groups is 1. The molecule has 0 radical (unpaired) electrons. The summed E-state index contributed by atoms with van der Waals surface area (Å²) in [6, 6.07) is 8.40. The van der Waals surface area contributed by atoms with Crippen molar-refractivity contribution in [3.05, 3.63) is 41.1 Å². The Bertz CT molecular complexity index is 545. The van der Waals surface area contributed by atoms with E-state index in [1.54, 1.807) is 7.11 Å². The molecule has 3 rings (SSSR count). The first-order valence-corrected chi connectivity index (χ1v) is 7.77. The van der Waals surface area contributed by atoms with Crippen LogP contribution in [0.15, 0.2) is 40.5 Å². The lowest BCUT2D eigenvalue weighted by atomic mass is 9.79. The third-order valence-corrected chi connectivity index (χ3v) is 4.60. The summed E-state index contributed by atoms with van der Waals surface area (Å²) in [7, 11) is 1.70. The van der Waals surface area contributed by atoms with E-state index in [1.807, 2.05) is 18.3 Å². The normalized spacial score (nSPS) is 24.9. The lowest BCUT2D eigenvalue weighted by Crippen LogP contribution is -2.20. The van der Waals surface area contributed by atoms with Gasteiger partial charge >= 0.3 is 0 Å². The fourth-order valence-electron chi connectivity index (χ4n) is 3.39. The van der Waals surface area contributed by atoms with Gasteiger partial charge in [-0.3, -0.25) is 4.99 Å². The van der Waals surface area contributed by atoms with Gasteiger partial charge in [0, 0.05) is 17.8 Å². The van der Waals surface area contributed by atoms with Gasteiger partial charge in [0.05, 0.1) is 13.7 Å². The highest BCUT2D eigenvalue weighted by atomic mass is 16.5. The van der Waals surface area contributed by atoms with Crippen LogP contribution in [0.1, 0.15) is 31.2 Å². The van der Waals surface area contributed by atoms with Crippen LogP contribution in [0.5, 0.6) is 5.75 Å². The number of benzene rings is 1. The van der Waals surface area contributed by atoms with Gasteiger partial charge in [0.15, 0.2) is 0 Å². The van der Waals surface area contributed by atoms with Gasteiger partial charge in [0.2, 0.25) is 0 Å². The topological polar surface area (TPSA) is 41.8 Å². The van der Waals surface area contributed by atoms with Crippen molar-refractivity contribution in [1.29, 1.82) is 0 Å². The average Bonchev–Trinajstić information content (AvgIpc) is 2.55. The third-order valence-electron chi connectivity index (χ3n) is 4.60. The first-order valence-electron chi connectivity index (χ1n) is 7.77. The molecule has 0 saturated carbocycles. The van der Waals surface area contributed by atoms with Crippen LogP contribution < -0.4 is 4.74 Å². The van der Waals surface area contributed by atoms with Crippen LogP contribution in [0.3, 0.4) is 0 Å². The maximum absolute atomic E-state index is 9.31. The molecule has 1 N–H and O–H groups in total. The van der Waals surface area contributed by atoms with Gasteiger partial charge in [-0.05, 0) is 61.3 Å². The van der Waals surface area contributed by atoms with Crippen molar-refractivity contribution >= 4 is 6.21 Å². The zero-order valence-electron chi connectivity index (χ0n) is 12.6. The van der Waals surface area contributed by atoms with E-state index < -0.39 is 0 Å². The minimum Gasteiger partial charge on any atom is -0.497 e. The lowest BCUT2D eigenvalue weighted by Gasteiger charge is -2.29. The number of rotatable bonds is 4. The molecule has 2 aliphatic rings. The molecule has 21 heavy (non-hydrogen) atoms. The summed E-state index contributed by atoms with van der Waals surface area (Å²) < 4.78 is 5.21. The maximum Gasteiger partial charge on any atom is 0.118 e. The molecule has 0 saturated heterocycles. The molecule has 0 bridgehead atoms. The van der Waals surface area contributed by atoms with Crippen LogP contribution in [0.2, 0.25) is 0 Å². The molecule has 1 aliphatic carbocycles. The lowest BCUT2D eigenvalue weighted by molar-refractivity contribution is 0.258. The number of nitrogens with zero attached hydrogens (tertiary/aromatic N) is 1. The van der Waals surface area contributed by atoms with E-state index in [1.165, 1.54) is 23.3 Å². The summed E-state index contributed by atoms with van der Waals surface area (Å²) in [5.74, 6) is 1.84. The summed E-state index contributed by atoms with van der Waals surface area (Å²) in [6.07, 6.45) is 7.48. The summed E-state index contributed by atoms with van der Waals surface area (Å²) >= 11 is 0. The molecule has 0 fully saturated rings. The third kappa shape index (κ3) is 3.35. The quantitative estimate of drug-likeness (QED) is 0.921. The van der Waals surface area contributed by atoms with Crippen molar-refractivity contribution in [2.24, 2.45) is 16.8 Å². The van der Waals surface area contributed by atoms with E-state index in [0.29, 0.717) is 5.92 Å². The summed E-state index contributed by atoms with van der Waals surface area (Å²) in [6.45, 7) is 0.212. The summed E-state index contributed by atoms with van der Waals surface area (Å²) in [5, 5.41) is 9.31. The summed E-state index contributed by atoms with van der Waals surface area (Å²) in [4.78, 5) is 4.55. The van der Waals surface area contributed by atoms with Crippen molar-refractivity contribution in [3.63, 3.8) is 0 Å². The zero-order chi connectivity index (χ0) is 14.7. The summed E-state index contributed by atoms with van der Waals surface area (Å²) in [5.41, 5.74) is 4.13. The van der Waals surface area contributed by atoms with Gasteiger partial charge < -0.3 is 9.84 Å². The molecule has 0 amide bonds. The van der Waals surface area contributed by atoms with Crippen LogP contribution in [0.4, 0.5) is 0 Å². The molecule has 3 heteroatoms. The van der Waals surface area contributed by atoms with E-state index in [9.17, 15) is 5.11 Å². The molecule has 0 spiro atoms. The van der Waals surface area contributed by atoms with Crippen LogP contribution in [-0.4, -0.2) is 25.0 Å². The number of aliphatic imine (C=N–C) groups is 1. The fourth-order valence-corrected chi connectivity index (χ4v) is 3.39. The Morgan fingerprint density at radius 1 is 1.24 bits per heavy atom.